The summed E-state index contributed by atoms with van der Waals surface area (Å²) in [4.78, 5) is 4.14. The van der Waals surface area contributed by atoms with Crippen LogP contribution in [-0.2, 0) is 5.75 Å². The maximum atomic E-state index is 13.5. The normalized spacial score (nSPS) is 10.8. The minimum atomic E-state index is -0.184. The summed E-state index contributed by atoms with van der Waals surface area (Å²) < 4.78 is 15.4. The van der Waals surface area contributed by atoms with Crippen LogP contribution in [0.2, 0.25) is 0 Å². The van der Waals surface area contributed by atoms with Gasteiger partial charge >= 0.3 is 0 Å². The standard InChI is InChI=1S/C11H10BrFN2S2/c1-6-10(17-11(14)15-6)16-5-7-4-8(12)2-3-9(7)13/h2-4H,5H2,1H3,(H2,14,15). The second kappa shape index (κ2) is 5.37. The van der Waals surface area contributed by atoms with Gasteiger partial charge in [0.15, 0.2) is 5.13 Å². The molecule has 17 heavy (non-hydrogen) atoms. The zero-order valence-electron chi connectivity index (χ0n) is 9.04. The highest BCUT2D eigenvalue weighted by Gasteiger charge is 2.08. The lowest BCUT2D eigenvalue weighted by molar-refractivity contribution is 0.617. The van der Waals surface area contributed by atoms with E-state index >= 15 is 0 Å². The zero-order valence-corrected chi connectivity index (χ0v) is 12.3. The molecule has 0 saturated carbocycles. The van der Waals surface area contributed by atoms with Crippen molar-refractivity contribution in [1.82, 2.24) is 4.98 Å². The first-order valence-corrected chi connectivity index (χ1v) is 7.45. The molecule has 2 N–H and O–H groups in total. The lowest BCUT2D eigenvalue weighted by Gasteiger charge is -2.03. The number of nitrogen functional groups attached to an aromatic ring is 1. The van der Waals surface area contributed by atoms with Crippen molar-refractivity contribution in [2.45, 2.75) is 16.9 Å². The lowest BCUT2D eigenvalue weighted by Crippen LogP contribution is -1.87. The van der Waals surface area contributed by atoms with E-state index in [1.807, 2.05) is 6.92 Å². The van der Waals surface area contributed by atoms with Crippen LogP contribution in [0.1, 0.15) is 11.3 Å². The summed E-state index contributed by atoms with van der Waals surface area (Å²) in [7, 11) is 0. The van der Waals surface area contributed by atoms with Crippen LogP contribution in [0.4, 0.5) is 9.52 Å². The Morgan fingerprint density at radius 1 is 1.53 bits per heavy atom. The number of aryl methyl sites for hydroxylation is 1. The van der Waals surface area contributed by atoms with Crippen molar-refractivity contribution in [3.05, 3.63) is 39.7 Å². The Hall–Kier alpha value is -0.590. The van der Waals surface area contributed by atoms with E-state index in [4.69, 9.17) is 5.73 Å². The summed E-state index contributed by atoms with van der Waals surface area (Å²) in [5.41, 5.74) is 7.20. The van der Waals surface area contributed by atoms with Crippen LogP contribution in [0.25, 0.3) is 0 Å². The Morgan fingerprint density at radius 3 is 2.94 bits per heavy atom. The van der Waals surface area contributed by atoms with Crippen molar-refractivity contribution in [2.75, 3.05) is 5.73 Å². The molecule has 1 aromatic heterocycles. The Morgan fingerprint density at radius 2 is 2.29 bits per heavy atom. The molecule has 0 spiro atoms. The van der Waals surface area contributed by atoms with Crippen molar-refractivity contribution in [2.24, 2.45) is 0 Å². The summed E-state index contributed by atoms with van der Waals surface area (Å²) in [6.07, 6.45) is 0. The van der Waals surface area contributed by atoms with Gasteiger partial charge in [0.1, 0.15) is 5.82 Å². The molecule has 2 rings (SSSR count). The smallest absolute Gasteiger partial charge is 0.181 e. The van der Waals surface area contributed by atoms with Gasteiger partial charge in [-0.15, -0.1) is 11.8 Å². The van der Waals surface area contributed by atoms with Crippen LogP contribution in [-0.4, -0.2) is 4.98 Å². The highest BCUT2D eigenvalue weighted by atomic mass is 79.9. The van der Waals surface area contributed by atoms with Gasteiger partial charge in [0.25, 0.3) is 0 Å². The number of benzene rings is 1. The minimum Gasteiger partial charge on any atom is -0.375 e. The number of nitrogens with two attached hydrogens (primary N) is 1. The van der Waals surface area contributed by atoms with Gasteiger partial charge in [-0.25, -0.2) is 9.37 Å². The molecule has 0 aliphatic heterocycles. The van der Waals surface area contributed by atoms with Crippen LogP contribution in [0.3, 0.4) is 0 Å². The van der Waals surface area contributed by atoms with E-state index in [2.05, 4.69) is 20.9 Å². The largest absolute Gasteiger partial charge is 0.375 e. The van der Waals surface area contributed by atoms with E-state index in [1.54, 1.807) is 23.9 Å². The predicted octanol–water partition coefficient (Wildman–Crippen LogP) is 4.23. The Bertz CT molecular complexity index is 542. The third-order valence-corrected chi connectivity index (χ3v) is 5.03. The van der Waals surface area contributed by atoms with Gasteiger partial charge in [-0.1, -0.05) is 27.3 Å². The van der Waals surface area contributed by atoms with E-state index < -0.39 is 0 Å². The molecule has 0 unspecified atom stereocenters. The number of anilines is 1. The number of nitrogens with zero attached hydrogens (tertiary/aromatic N) is 1. The molecule has 0 fully saturated rings. The van der Waals surface area contributed by atoms with Crippen molar-refractivity contribution in [3.8, 4) is 0 Å². The van der Waals surface area contributed by atoms with Crippen molar-refractivity contribution < 1.29 is 4.39 Å². The van der Waals surface area contributed by atoms with Gasteiger partial charge in [0, 0.05) is 10.2 Å². The maximum Gasteiger partial charge on any atom is 0.181 e. The fourth-order valence-corrected chi connectivity index (χ4v) is 3.74. The van der Waals surface area contributed by atoms with Crippen LogP contribution < -0.4 is 5.73 Å². The minimum absolute atomic E-state index is 0.184. The number of aromatic nitrogens is 1. The van der Waals surface area contributed by atoms with Gasteiger partial charge in [0.05, 0.1) is 9.90 Å². The monoisotopic (exact) mass is 332 g/mol. The molecule has 6 heteroatoms. The Labute approximate surface area is 116 Å². The number of thioether (sulfide) groups is 1. The number of thiazole rings is 1. The van der Waals surface area contributed by atoms with Crippen molar-refractivity contribution >= 4 is 44.2 Å². The summed E-state index contributed by atoms with van der Waals surface area (Å²) in [5.74, 6) is 0.393. The number of rotatable bonds is 3. The van der Waals surface area contributed by atoms with Crippen LogP contribution in [0, 0.1) is 12.7 Å². The maximum absolute atomic E-state index is 13.5. The second-order valence-corrected chi connectivity index (χ2v) is 6.64. The van der Waals surface area contributed by atoms with Gasteiger partial charge in [-0.2, -0.15) is 0 Å². The third-order valence-electron chi connectivity index (χ3n) is 2.14. The molecular weight excluding hydrogens is 323 g/mol. The average molecular weight is 333 g/mol. The Kier molecular flexibility index (Phi) is 4.06. The third kappa shape index (κ3) is 3.20. The van der Waals surface area contributed by atoms with Crippen molar-refractivity contribution in [3.63, 3.8) is 0 Å². The number of hydrogen-bond donors (Lipinski definition) is 1. The van der Waals surface area contributed by atoms with Gasteiger partial charge in [-0.3, -0.25) is 0 Å². The SMILES string of the molecule is Cc1nc(N)sc1SCc1cc(Br)ccc1F. The highest BCUT2D eigenvalue weighted by molar-refractivity contribution is 9.10. The topological polar surface area (TPSA) is 38.9 Å². The summed E-state index contributed by atoms with van der Waals surface area (Å²) in [6.45, 7) is 1.91. The van der Waals surface area contributed by atoms with Crippen LogP contribution in [0.15, 0.2) is 26.9 Å². The first kappa shape index (κ1) is 12.9. The van der Waals surface area contributed by atoms with E-state index in [0.717, 1.165) is 14.4 Å². The molecule has 0 amide bonds. The molecule has 1 heterocycles. The van der Waals surface area contributed by atoms with Gasteiger partial charge in [-0.05, 0) is 30.7 Å². The van der Waals surface area contributed by atoms with Gasteiger partial charge in [0.2, 0.25) is 0 Å². The van der Waals surface area contributed by atoms with E-state index in [9.17, 15) is 4.39 Å². The highest BCUT2D eigenvalue weighted by Crippen LogP contribution is 2.33. The summed E-state index contributed by atoms with van der Waals surface area (Å²) in [5, 5.41) is 0.555. The molecular formula is C11H10BrFN2S2. The first-order valence-electron chi connectivity index (χ1n) is 4.86. The van der Waals surface area contributed by atoms with Gasteiger partial charge < -0.3 is 5.73 Å². The number of halogens is 2. The van der Waals surface area contributed by atoms with Crippen LogP contribution in [0.5, 0.6) is 0 Å². The van der Waals surface area contributed by atoms with Crippen molar-refractivity contribution in [1.29, 1.82) is 0 Å². The van der Waals surface area contributed by atoms with E-state index in [1.165, 1.54) is 17.4 Å². The van der Waals surface area contributed by atoms with Crippen LogP contribution >= 0.6 is 39.0 Å². The molecule has 1 aromatic carbocycles. The molecule has 2 aromatic rings. The molecule has 0 bridgehead atoms. The second-order valence-electron chi connectivity index (χ2n) is 3.45. The average Bonchev–Trinajstić information content (AvgIpc) is 2.59. The fraction of sp³-hybridized carbons (Fsp3) is 0.182. The zero-order chi connectivity index (χ0) is 12.4. The molecule has 0 aliphatic rings. The molecule has 0 atom stereocenters. The number of hydrogen-bond acceptors (Lipinski definition) is 4. The quantitative estimate of drug-likeness (QED) is 0.855. The fourth-order valence-electron chi connectivity index (χ4n) is 1.33. The molecule has 0 saturated heterocycles. The molecule has 90 valence electrons. The molecule has 0 aliphatic carbocycles. The summed E-state index contributed by atoms with van der Waals surface area (Å²) >= 11 is 6.33. The predicted molar refractivity (Wildman–Crippen MR) is 74.9 cm³/mol. The van der Waals surface area contributed by atoms with E-state index in [-0.39, 0.29) is 5.82 Å². The molecule has 0 radical (unpaired) electrons. The van der Waals surface area contributed by atoms with E-state index in [0.29, 0.717) is 16.4 Å². The Balaban J connectivity index is 2.12. The first-order chi connectivity index (χ1) is 8.06. The lowest BCUT2D eigenvalue weighted by atomic mass is 10.2. The molecule has 2 nitrogen and oxygen atoms in total. The summed E-state index contributed by atoms with van der Waals surface area (Å²) in [6, 6.07) is 4.95.